The number of amides is 1. The number of carbonyl (C=O) groups is 1. The Hall–Kier alpha value is -3.72. The highest BCUT2D eigenvalue weighted by Crippen LogP contribution is 2.18. The number of hydrogen-bond donors (Lipinski definition) is 1. The number of methoxy groups -OCH3 is 1. The van der Waals surface area contributed by atoms with Gasteiger partial charge in [0, 0.05) is 10.7 Å². The number of halogens is 1. The molecule has 0 saturated heterocycles. The van der Waals surface area contributed by atoms with E-state index >= 15 is 0 Å². The molecule has 0 fully saturated rings. The molecule has 0 aliphatic heterocycles. The maximum atomic E-state index is 12.3. The lowest BCUT2D eigenvalue weighted by atomic mass is 10.3. The highest BCUT2D eigenvalue weighted by atomic mass is 35.5. The first-order valence-electron chi connectivity index (χ1n) is 8.10. The van der Waals surface area contributed by atoms with E-state index in [1.165, 1.54) is 0 Å². The Bertz CT molecular complexity index is 1110. The van der Waals surface area contributed by atoms with Crippen LogP contribution in [0.15, 0.2) is 59.3 Å². The van der Waals surface area contributed by atoms with E-state index in [2.05, 4.69) is 25.8 Å². The quantitative estimate of drug-likeness (QED) is 0.551. The molecule has 140 valence electrons. The molecule has 0 spiro atoms. The fourth-order valence-electron chi connectivity index (χ4n) is 2.36. The van der Waals surface area contributed by atoms with Gasteiger partial charge in [-0.05, 0) is 48.5 Å². The zero-order chi connectivity index (χ0) is 19.5. The maximum Gasteiger partial charge on any atom is 0.316 e. The van der Waals surface area contributed by atoms with Crippen LogP contribution in [0.2, 0.25) is 5.02 Å². The molecule has 0 atom stereocenters. The van der Waals surface area contributed by atoms with Crippen LogP contribution in [-0.4, -0.2) is 38.2 Å². The lowest BCUT2D eigenvalue weighted by Crippen LogP contribution is -2.12. The zero-order valence-electron chi connectivity index (χ0n) is 14.5. The third-order valence-corrected chi connectivity index (χ3v) is 4.03. The molecular weight excluding hydrogens is 384 g/mol. The van der Waals surface area contributed by atoms with Gasteiger partial charge in [0.2, 0.25) is 5.82 Å². The molecule has 0 radical (unpaired) electrons. The Labute approximate surface area is 163 Å². The molecule has 0 aliphatic rings. The largest absolute Gasteiger partial charge is 0.497 e. The standard InChI is InChI=1S/C18H13ClN6O3/c1-27-14-8-4-12(5-9-14)20-17(26)18-21-16(23-28-18)15-10-25(24-22-15)13-6-2-11(19)3-7-13/h2-10H,1H3,(H,20,26). The van der Waals surface area contributed by atoms with Gasteiger partial charge in [0.15, 0.2) is 5.69 Å². The van der Waals surface area contributed by atoms with Crippen LogP contribution in [0, 0.1) is 0 Å². The van der Waals surface area contributed by atoms with Gasteiger partial charge in [-0.1, -0.05) is 22.0 Å². The summed E-state index contributed by atoms with van der Waals surface area (Å²) in [5.41, 5.74) is 1.70. The molecule has 0 saturated carbocycles. The van der Waals surface area contributed by atoms with Crippen LogP contribution in [0.3, 0.4) is 0 Å². The van der Waals surface area contributed by atoms with Crippen LogP contribution in [0.1, 0.15) is 10.7 Å². The van der Waals surface area contributed by atoms with Crippen LogP contribution < -0.4 is 10.1 Å². The van der Waals surface area contributed by atoms with Gasteiger partial charge in [0.05, 0.1) is 19.0 Å². The van der Waals surface area contributed by atoms with Crippen molar-refractivity contribution in [3.63, 3.8) is 0 Å². The van der Waals surface area contributed by atoms with Crippen molar-refractivity contribution in [3.05, 3.63) is 65.6 Å². The summed E-state index contributed by atoms with van der Waals surface area (Å²) in [7, 11) is 1.57. The van der Waals surface area contributed by atoms with E-state index < -0.39 is 5.91 Å². The highest BCUT2D eigenvalue weighted by Gasteiger charge is 2.18. The molecule has 0 aliphatic carbocycles. The summed E-state index contributed by atoms with van der Waals surface area (Å²) in [5.74, 6) is 0.114. The van der Waals surface area contributed by atoms with Gasteiger partial charge in [-0.15, -0.1) is 5.10 Å². The molecule has 0 bridgehead atoms. The molecule has 2 aromatic heterocycles. The third kappa shape index (κ3) is 3.69. The summed E-state index contributed by atoms with van der Waals surface area (Å²) < 4.78 is 11.7. The normalized spacial score (nSPS) is 10.6. The SMILES string of the molecule is COc1ccc(NC(=O)c2nc(-c3cn(-c4ccc(Cl)cc4)nn3)no2)cc1. The fraction of sp³-hybridized carbons (Fsp3) is 0.0556. The third-order valence-electron chi connectivity index (χ3n) is 3.78. The molecule has 0 unspecified atom stereocenters. The van der Waals surface area contributed by atoms with E-state index in [1.54, 1.807) is 66.5 Å². The average molecular weight is 397 g/mol. The zero-order valence-corrected chi connectivity index (χ0v) is 15.3. The Morgan fingerprint density at radius 2 is 1.89 bits per heavy atom. The number of nitrogens with one attached hydrogen (secondary N) is 1. The first kappa shape index (κ1) is 17.7. The second-order valence-corrected chi connectivity index (χ2v) is 6.07. The van der Waals surface area contributed by atoms with E-state index in [-0.39, 0.29) is 11.7 Å². The molecule has 4 rings (SSSR count). The Balaban J connectivity index is 1.49. The molecule has 10 heteroatoms. The van der Waals surface area contributed by atoms with Gasteiger partial charge in [-0.2, -0.15) is 4.98 Å². The Kier molecular flexibility index (Phi) is 4.73. The van der Waals surface area contributed by atoms with Gasteiger partial charge >= 0.3 is 11.8 Å². The number of carbonyl (C=O) groups excluding carboxylic acids is 1. The number of benzene rings is 2. The van der Waals surface area contributed by atoms with Crippen LogP contribution in [0.5, 0.6) is 5.75 Å². The van der Waals surface area contributed by atoms with Crippen molar-refractivity contribution in [2.75, 3.05) is 12.4 Å². The fourth-order valence-corrected chi connectivity index (χ4v) is 2.49. The molecule has 1 amide bonds. The van der Waals surface area contributed by atoms with Crippen molar-refractivity contribution in [2.45, 2.75) is 0 Å². The summed E-state index contributed by atoms with van der Waals surface area (Å²) in [6.45, 7) is 0. The van der Waals surface area contributed by atoms with E-state index in [9.17, 15) is 4.79 Å². The first-order chi connectivity index (χ1) is 13.6. The monoisotopic (exact) mass is 396 g/mol. The van der Waals surface area contributed by atoms with Crippen LogP contribution in [0.25, 0.3) is 17.2 Å². The van der Waals surface area contributed by atoms with Crippen molar-refractivity contribution < 1.29 is 14.1 Å². The van der Waals surface area contributed by atoms with Crippen molar-refractivity contribution in [1.82, 2.24) is 25.1 Å². The number of rotatable bonds is 5. The van der Waals surface area contributed by atoms with Gasteiger partial charge < -0.3 is 14.6 Å². The van der Waals surface area contributed by atoms with E-state index in [0.29, 0.717) is 22.2 Å². The van der Waals surface area contributed by atoms with Gasteiger partial charge in [0.1, 0.15) is 5.75 Å². The lowest BCUT2D eigenvalue weighted by molar-refractivity contribution is 0.0981. The number of hydrogen-bond acceptors (Lipinski definition) is 7. The topological polar surface area (TPSA) is 108 Å². The first-order valence-corrected chi connectivity index (χ1v) is 8.48. The van der Waals surface area contributed by atoms with Gasteiger partial charge in [0.25, 0.3) is 0 Å². The summed E-state index contributed by atoms with van der Waals surface area (Å²) in [4.78, 5) is 16.4. The molecule has 2 heterocycles. The predicted molar refractivity (Wildman–Crippen MR) is 101 cm³/mol. The summed E-state index contributed by atoms with van der Waals surface area (Å²) in [6, 6.07) is 13.9. The Morgan fingerprint density at radius 3 is 2.61 bits per heavy atom. The lowest BCUT2D eigenvalue weighted by Gasteiger charge is -2.03. The van der Waals surface area contributed by atoms with Gasteiger partial charge in [-0.3, -0.25) is 4.79 Å². The van der Waals surface area contributed by atoms with Crippen molar-refractivity contribution in [1.29, 1.82) is 0 Å². The Morgan fingerprint density at radius 1 is 1.14 bits per heavy atom. The number of aromatic nitrogens is 5. The minimum atomic E-state index is -0.533. The van der Waals surface area contributed by atoms with Crippen molar-refractivity contribution >= 4 is 23.2 Å². The van der Waals surface area contributed by atoms with Crippen molar-refractivity contribution in [2.24, 2.45) is 0 Å². The number of nitrogens with zero attached hydrogens (tertiary/aromatic N) is 5. The molecule has 2 aromatic carbocycles. The minimum Gasteiger partial charge on any atom is -0.497 e. The van der Waals surface area contributed by atoms with Crippen LogP contribution >= 0.6 is 11.6 Å². The minimum absolute atomic E-state index is 0.153. The summed E-state index contributed by atoms with van der Waals surface area (Å²) in [6.07, 6.45) is 1.62. The highest BCUT2D eigenvalue weighted by molar-refractivity contribution is 6.30. The number of ether oxygens (including phenoxy) is 1. The van der Waals surface area contributed by atoms with E-state index in [0.717, 1.165) is 5.69 Å². The van der Waals surface area contributed by atoms with Crippen LogP contribution in [-0.2, 0) is 0 Å². The summed E-state index contributed by atoms with van der Waals surface area (Å²) >= 11 is 5.88. The van der Waals surface area contributed by atoms with Crippen molar-refractivity contribution in [3.8, 4) is 23.0 Å². The van der Waals surface area contributed by atoms with Gasteiger partial charge in [-0.25, -0.2) is 4.68 Å². The van der Waals surface area contributed by atoms with Crippen LogP contribution in [0.4, 0.5) is 5.69 Å². The molecule has 1 N–H and O–H groups in total. The van der Waals surface area contributed by atoms with E-state index in [1.807, 2.05) is 0 Å². The summed E-state index contributed by atoms with van der Waals surface area (Å²) in [5, 5.41) is 15.1. The smallest absolute Gasteiger partial charge is 0.316 e. The van der Waals surface area contributed by atoms with E-state index in [4.69, 9.17) is 20.9 Å². The average Bonchev–Trinajstić information content (AvgIpc) is 3.39. The number of anilines is 1. The predicted octanol–water partition coefficient (Wildman–Crippen LogP) is 3.23. The molecule has 28 heavy (non-hydrogen) atoms. The second kappa shape index (κ2) is 7.49. The molecular formula is C18H13ClN6O3. The maximum absolute atomic E-state index is 12.3. The molecule has 4 aromatic rings. The second-order valence-electron chi connectivity index (χ2n) is 5.63. The molecule has 9 nitrogen and oxygen atoms in total.